The maximum absolute atomic E-state index is 10.0. The van der Waals surface area contributed by atoms with E-state index in [4.69, 9.17) is 4.74 Å². The highest BCUT2D eigenvalue weighted by molar-refractivity contribution is 5.36. The van der Waals surface area contributed by atoms with Crippen LogP contribution in [0.1, 0.15) is 129 Å². The average Bonchev–Trinajstić information content (AvgIpc) is 2.71. The molecule has 0 saturated carbocycles. The van der Waals surface area contributed by atoms with Crippen LogP contribution in [0.3, 0.4) is 0 Å². The molecule has 28 heavy (non-hydrogen) atoms. The molecule has 3 heteroatoms. The molecule has 0 atom stereocenters. The monoisotopic (exact) mass is 397 g/mol. The summed E-state index contributed by atoms with van der Waals surface area (Å²) in [4.78, 5) is 12.8. The zero-order valence-electron chi connectivity index (χ0n) is 19.4. The predicted molar refractivity (Wildman–Crippen MR) is 123 cm³/mol. The van der Waals surface area contributed by atoms with Crippen molar-refractivity contribution in [3.63, 3.8) is 0 Å². The van der Waals surface area contributed by atoms with Gasteiger partial charge in [0.1, 0.15) is 0 Å². The van der Waals surface area contributed by atoms with Crippen LogP contribution in [0.5, 0.6) is 0 Å². The summed E-state index contributed by atoms with van der Waals surface area (Å²) in [7, 11) is 0. The van der Waals surface area contributed by atoms with Crippen LogP contribution in [0.2, 0.25) is 0 Å². The van der Waals surface area contributed by atoms with Crippen molar-refractivity contribution in [2.24, 2.45) is 0 Å². The molecule has 0 aromatic rings. The highest BCUT2D eigenvalue weighted by Crippen LogP contribution is 2.12. The predicted octanol–water partition coefficient (Wildman–Crippen LogP) is 7.52. The molecule has 0 bridgehead atoms. The molecule has 0 aliphatic carbocycles. The molecule has 0 aromatic carbocycles. The third-order valence-electron chi connectivity index (χ3n) is 5.71. The maximum Gasteiger partial charge on any atom is 0.293 e. The van der Waals surface area contributed by atoms with Gasteiger partial charge in [0, 0.05) is 0 Å². The van der Waals surface area contributed by atoms with E-state index in [1.807, 2.05) is 0 Å². The van der Waals surface area contributed by atoms with Crippen LogP contribution in [-0.4, -0.2) is 37.6 Å². The number of hydrogen-bond acceptors (Lipinski definition) is 3. The Morgan fingerprint density at radius 2 is 0.893 bits per heavy atom. The van der Waals surface area contributed by atoms with E-state index in [0.29, 0.717) is 13.1 Å². The molecule has 0 heterocycles. The van der Waals surface area contributed by atoms with Crippen molar-refractivity contribution >= 4 is 6.47 Å². The SMILES string of the molecule is CCCCCCN(CCCCCC)CCCCCCCCCCCCOC=O. The lowest BCUT2D eigenvalue weighted by Crippen LogP contribution is -2.27. The molecule has 0 saturated heterocycles. The van der Waals surface area contributed by atoms with Crippen molar-refractivity contribution < 1.29 is 9.53 Å². The maximum atomic E-state index is 10.0. The molecule has 0 amide bonds. The van der Waals surface area contributed by atoms with Gasteiger partial charge in [0.2, 0.25) is 0 Å². The van der Waals surface area contributed by atoms with Crippen molar-refractivity contribution in [2.45, 2.75) is 129 Å². The van der Waals surface area contributed by atoms with Gasteiger partial charge in [-0.2, -0.15) is 0 Å². The lowest BCUT2D eigenvalue weighted by Gasteiger charge is -2.22. The Bertz CT molecular complexity index is 284. The summed E-state index contributed by atoms with van der Waals surface area (Å²) in [5.74, 6) is 0. The van der Waals surface area contributed by atoms with Gasteiger partial charge < -0.3 is 9.64 Å². The highest BCUT2D eigenvalue weighted by Gasteiger charge is 2.04. The van der Waals surface area contributed by atoms with Crippen molar-refractivity contribution in [1.82, 2.24) is 4.90 Å². The molecule has 0 unspecified atom stereocenters. The van der Waals surface area contributed by atoms with E-state index in [1.165, 1.54) is 129 Å². The van der Waals surface area contributed by atoms with Gasteiger partial charge in [-0.05, 0) is 45.3 Å². The van der Waals surface area contributed by atoms with Gasteiger partial charge in [-0.1, -0.05) is 104 Å². The van der Waals surface area contributed by atoms with Crippen molar-refractivity contribution in [2.75, 3.05) is 26.2 Å². The fourth-order valence-electron chi connectivity index (χ4n) is 3.84. The fraction of sp³-hybridized carbons (Fsp3) is 0.960. The van der Waals surface area contributed by atoms with Gasteiger partial charge in [-0.15, -0.1) is 0 Å². The number of carbonyl (C=O) groups is 1. The largest absolute Gasteiger partial charge is 0.468 e. The minimum absolute atomic E-state index is 0.554. The zero-order chi connectivity index (χ0) is 20.5. The van der Waals surface area contributed by atoms with Crippen LogP contribution in [0.4, 0.5) is 0 Å². The van der Waals surface area contributed by atoms with E-state index in [0.717, 1.165) is 6.42 Å². The molecule has 168 valence electrons. The van der Waals surface area contributed by atoms with Crippen molar-refractivity contribution in [1.29, 1.82) is 0 Å². The van der Waals surface area contributed by atoms with Crippen LogP contribution in [0.25, 0.3) is 0 Å². The Hall–Kier alpha value is -0.570. The molecule has 0 fully saturated rings. The van der Waals surface area contributed by atoms with E-state index >= 15 is 0 Å². The minimum atomic E-state index is 0.554. The molecule has 0 aromatic heterocycles. The molecular formula is C25H51NO2. The Labute approximate surface area is 177 Å². The highest BCUT2D eigenvalue weighted by atomic mass is 16.5. The van der Waals surface area contributed by atoms with E-state index in [1.54, 1.807) is 0 Å². The number of hydrogen-bond donors (Lipinski definition) is 0. The first-order valence-electron chi connectivity index (χ1n) is 12.6. The minimum Gasteiger partial charge on any atom is -0.468 e. The number of unbranched alkanes of at least 4 members (excludes halogenated alkanes) is 15. The van der Waals surface area contributed by atoms with Gasteiger partial charge in [0.25, 0.3) is 6.47 Å². The summed E-state index contributed by atoms with van der Waals surface area (Å²) >= 11 is 0. The van der Waals surface area contributed by atoms with E-state index in [2.05, 4.69) is 18.7 Å². The van der Waals surface area contributed by atoms with Crippen LogP contribution < -0.4 is 0 Å². The second-order valence-electron chi connectivity index (χ2n) is 8.47. The third-order valence-corrected chi connectivity index (χ3v) is 5.71. The Balaban J connectivity index is 3.53. The Morgan fingerprint density at radius 3 is 1.29 bits per heavy atom. The van der Waals surface area contributed by atoms with Crippen molar-refractivity contribution in [3.8, 4) is 0 Å². The topological polar surface area (TPSA) is 29.5 Å². The first-order chi connectivity index (χ1) is 13.8. The van der Waals surface area contributed by atoms with E-state index in [9.17, 15) is 4.79 Å². The van der Waals surface area contributed by atoms with Gasteiger partial charge >= 0.3 is 0 Å². The first kappa shape index (κ1) is 27.4. The van der Waals surface area contributed by atoms with Crippen LogP contribution in [0, 0.1) is 0 Å². The van der Waals surface area contributed by atoms with Crippen molar-refractivity contribution in [3.05, 3.63) is 0 Å². The Morgan fingerprint density at radius 1 is 0.536 bits per heavy atom. The molecule has 0 rings (SSSR count). The summed E-state index contributed by atoms with van der Waals surface area (Å²) in [6.07, 6.45) is 24.3. The lowest BCUT2D eigenvalue weighted by molar-refractivity contribution is -0.128. The average molecular weight is 398 g/mol. The molecule has 0 N–H and O–H groups in total. The zero-order valence-corrected chi connectivity index (χ0v) is 19.4. The number of ether oxygens (including phenoxy) is 1. The molecule has 3 nitrogen and oxygen atoms in total. The molecule has 0 radical (unpaired) electrons. The van der Waals surface area contributed by atoms with Crippen LogP contribution in [-0.2, 0) is 9.53 Å². The second kappa shape index (κ2) is 24.5. The fourth-order valence-corrected chi connectivity index (χ4v) is 3.84. The van der Waals surface area contributed by atoms with Crippen LogP contribution in [0.15, 0.2) is 0 Å². The lowest BCUT2D eigenvalue weighted by atomic mass is 10.1. The summed E-state index contributed by atoms with van der Waals surface area (Å²) in [5.41, 5.74) is 0. The number of rotatable bonds is 24. The van der Waals surface area contributed by atoms with Crippen LogP contribution >= 0.6 is 0 Å². The molecule has 0 aliphatic rings. The summed E-state index contributed by atoms with van der Waals surface area (Å²) in [6, 6.07) is 0. The first-order valence-corrected chi connectivity index (χ1v) is 12.6. The molecule has 0 spiro atoms. The quantitative estimate of drug-likeness (QED) is 0.124. The van der Waals surface area contributed by atoms with Gasteiger partial charge in [0.05, 0.1) is 6.61 Å². The summed E-state index contributed by atoms with van der Waals surface area (Å²) < 4.78 is 4.71. The normalized spacial score (nSPS) is 11.2. The van der Waals surface area contributed by atoms with Gasteiger partial charge in [-0.3, -0.25) is 4.79 Å². The van der Waals surface area contributed by atoms with Gasteiger partial charge in [0.15, 0.2) is 0 Å². The smallest absolute Gasteiger partial charge is 0.293 e. The van der Waals surface area contributed by atoms with E-state index in [-0.39, 0.29) is 0 Å². The standard InChI is InChI=1S/C25H51NO2/c1-3-5-7-17-21-26(22-18-8-6-4-2)23-19-15-13-11-9-10-12-14-16-20-24-28-25-27/h25H,3-24H2,1-2H3. The molecular weight excluding hydrogens is 346 g/mol. The third kappa shape index (κ3) is 21.7. The Kier molecular flexibility index (Phi) is 24.0. The number of carbonyl (C=O) groups excluding carboxylic acids is 1. The summed E-state index contributed by atoms with van der Waals surface area (Å²) in [5, 5.41) is 0. The molecule has 0 aliphatic heterocycles. The number of nitrogens with zero attached hydrogens (tertiary/aromatic N) is 1. The summed E-state index contributed by atoms with van der Waals surface area (Å²) in [6.45, 7) is 9.71. The van der Waals surface area contributed by atoms with Gasteiger partial charge in [-0.25, -0.2) is 0 Å². The van der Waals surface area contributed by atoms with E-state index < -0.39 is 0 Å². The second-order valence-corrected chi connectivity index (χ2v) is 8.47.